The van der Waals surface area contributed by atoms with Crippen molar-refractivity contribution in [2.45, 2.75) is 6.54 Å². The third-order valence-electron chi connectivity index (χ3n) is 3.99. The van der Waals surface area contributed by atoms with Crippen molar-refractivity contribution in [3.8, 4) is 6.07 Å². The molecule has 0 aliphatic heterocycles. The van der Waals surface area contributed by atoms with Gasteiger partial charge in [-0.05, 0) is 29.8 Å². The Labute approximate surface area is 160 Å². The van der Waals surface area contributed by atoms with Gasteiger partial charge >= 0.3 is 6.03 Å². The Kier molecular flexibility index (Phi) is 5.25. The summed E-state index contributed by atoms with van der Waals surface area (Å²) >= 11 is 5.94. The average Bonchev–Trinajstić information content (AvgIpc) is 2.98. The van der Waals surface area contributed by atoms with Crippen LogP contribution in [0.2, 0.25) is 5.02 Å². The first-order chi connectivity index (χ1) is 13.0. The van der Waals surface area contributed by atoms with Gasteiger partial charge in [0.05, 0.1) is 0 Å². The van der Waals surface area contributed by atoms with E-state index in [1.54, 1.807) is 6.07 Å². The van der Waals surface area contributed by atoms with E-state index in [1.165, 1.54) is 6.08 Å². The van der Waals surface area contributed by atoms with E-state index in [4.69, 9.17) is 17.3 Å². The number of nitrogens with two attached hydrogens (primary N) is 1. The lowest BCUT2D eigenvalue weighted by atomic mass is 10.1. The monoisotopic (exact) mass is 378 g/mol. The minimum absolute atomic E-state index is 0.205. The van der Waals surface area contributed by atoms with Gasteiger partial charge in [-0.15, -0.1) is 0 Å². The number of amides is 3. The Morgan fingerprint density at radius 1 is 1.19 bits per heavy atom. The van der Waals surface area contributed by atoms with Gasteiger partial charge in [0.1, 0.15) is 11.6 Å². The van der Waals surface area contributed by atoms with Gasteiger partial charge in [0.15, 0.2) is 0 Å². The van der Waals surface area contributed by atoms with Crippen molar-refractivity contribution in [2.24, 2.45) is 5.73 Å². The molecule has 0 unspecified atom stereocenters. The van der Waals surface area contributed by atoms with Gasteiger partial charge in [0, 0.05) is 34.2 Å². The highest BCUT2D eigenvalue weighted by atomic mass is 35.5. The van der Waals surface area contributed by atoms with E-state index in [2.05, 4.69) is 0 Å². The summed E-state index contributed by atoms with van der Waals surface area (Å²) in [5, 5.41) is 12.7. The molecule has 0 atom stereocenters. The first-order valence-electron chi connectivity index (χ1n) is 8.03. The van der Waals surface area contributed by atoms with Crippen LogP contribution in [0.1, 0.15) is 11.1 Å². The number of para-hydroxylation sites is 1. The van der Waals surface area contributed by atoms with Crippen LogP contribution < -0.4 is 11.1 Å². The zero-order valence-electron chi connectivity index (χ0n) is 14.1. The largest absolute Gasteiger partial charge is 0.351 e. The molecular formula is C20H15ClN4O2. The number of carbonyl (C=O) groups excluding carboxylic acids is 2. The molecule has 1 heterocycles. The summed E-state index contributed by atoms with van der Waals surface area (Å²) in [6, 6.07) is 16.0. The van der Waals surface area contributed by atoms with Crippen LogP contribution in [0.25, 0.3) is 17.0 Å². The maximum atomic E-state index is 11.9. The number of carbonyl (C=O) groups is 2. The number of benzene rings is 2. The number of rotatable bonds is 4. The van der Waals surface area contributed by atoms with E-state index in [0.29, 0.717) is 17.1 Å². The highest BCUT2D eigenvalue weighted by molar-refractivity contribution is 6.30. The number of halogens is 1. The van der Waals surface area contributed by atoms with Crippen molar-refractivity contribution < 1.29 is 9.59 Å². The predicted molar refractivity (Wildman–Crippen MR) is 104 cm³/mol. The van der Waals surface area contributed by atoms with Crippen LogP contribution in [0.3, 0.4) is 0 Å². The van der Waals surface area contributed by atoms with Crippen LogP contribution in [0.5, 0.6) is 0 Å². The lowest BCUT2D eigenvalue weighted by Gasteiger charge is -2.05. The normalized spacial score (nSPS) is 11.2. The van der Waals surface area contributed by atoms with Crippen molar-refractivity contribution in [1.82, 2.24) is 9.88 Å². The Balaban J connectivity index is 2.03. The van der Waals surface area contributed by atoms with Gasteiger partial charge in [0.2, 0.25) is 0 Å². The van der Waals surface area contributed by atoms with Crippen molar-refractivity contribution in [2.75, 3.05) is 0 Å². The third kappa shape index (κ3) is 4.17. The Bertz CT molecular complexity index is 1090. The molecule has 3 aromatic rings. The van der Waals surface area contributed by atoms with Crippen molar-refractivity contribution in [3.05, 3.63) is 76.5 Å². The SMILES string of the molecule is N#C/C(=C/c1cn(Cc2ccc(Cl)cc2)c2ccccc12)C(=O)NC(N)=O. The molecule has 2 aromatic carbocycles. The predicted octanol–water partition coefficient (Wildman–Crippen LogP) is 3.44. The van der Waals surface area contributed by atoms with Crippen molar-refractivity contribution in [3.63, 3.8) is 0 Å². The summed E-state index contributed by atoms with van der Waals surface area (Å²) in [7, 11) is 0. The van der Waals surface area contributed by atoms with Gasteiger partial charge < -0.3 is 10.3 Å². The number of primary amides is 1. The lowest BCUT2D eigenvalue weighted by Crippen LogP contribution is -2.35. The summed E-state index contributed by atoms with van der Waals surface area (Å²) in [5.41, 5.74) is 7.44. The van der Waals surface area contributed by atoms with E-state index in [0.717, 1.165) is 16.5 Å². The van der Waals surface area contributed by atoms with Crippen molar-refractivity contribution in [1.29, 1.82) is 5.26 Å². The molecule has 0 saturated heterocycles. The molecule has 0 aliphatic rings. The van der Waals surface area contributed by atoms with Gasteiger partial charge in [-0.1, -0.05) is 41.9 Å². The third-order valence-corrected chi connectivity index (χ3v) is 4.24. The first kappa shape index (κ1) is 18.2. The molecule has 3 amide bonds. The minimum atomic E-state index is -1.01. The number of nitrogens with one attached hydrogen (secondary N) is 1. The second-order valence-corrected chi connectivity index (χ2v) is 6.28. The van der Waals surface area contributed by atoms with Gasteiger partial charge in [0.25, 0.3) is 5.91 Å². The molecule has 0 bridgehead atoms. The highest BCUT2D eigenvalue weighted by Crippen LogP contribution is 2.25. The number of aromatic nitrogens is 1. The standard InChI is InChI=1S/C20H15ClN4O2/c21-16-7-5-13(6-8-16)11-25-12-15(17-3-1-2-4-18(17)25)9-14(10-22)19(26)24-20(23)27/h1-9,12H,11H2,(H3,23,24,26,27)/b14-9-. The van der Waals surface area contributed by atoms with Crippen molar-refractivity contribution >= 4 is 40.5 Å². The number of urea groups is 1. The Morgan fingerprint density at radius 3 is 2.56 bits per heavy atom. The maximum absolute atomic E-state index is 11.9. The molecule has 0 spiro atoms. The molecule has 0 aliphatic carbocycles. The van der Waals surface area contributed by atoms with E-state index >= 15 is 0 Å². The van der Waals surface area contributed by atoms with Gasteiger partial charge in [-0.3, -0.25) is 10.1 Å². The fourth-order valence-corrected chi connectivity index (χ4v) is 2.92. The van der Waals surface area contributed by atoms with E-state index < -0.39 is 11.9 Å². The Hall–Kier alpha value is -3.56. The first-order valence-corrected chi connectivity index (χ1v) is 8.40. The number of nitrogens with zero attached hydrogens (tertiary/aromatic N) is 2. The molecule has 134 valence electrons. The van der Waals surface area contributed by atoms with E-state index in [1.807, 2.05) is 64.6 Å². The molecule has 0 radical (unpaired) electrons. The number of fused-ring (bicyclic) bond motifs is 1. The number of nitriles is 1. The van der Waals surface area contributed by atoms with Gasteiger partial charge in [-0.25, -0.2) is 4.79 Å². The second-order valence-electron chi connectivity index (χ2n) is 5.84. The molecule has 7 heteroatoms. The van der Waals surface area contributed by atoms with Crippen LogP contribution in [-0.4, -0.2) is 16.5 Å². The summed E-state index contributed by atoms with van der Waals surface area (Å²) in [5.74, 6) is -0.834. The zero-order valence-corrected chi connectivity index (χ0v) is 14.9. The minimum Gasteiger partial charge on any atom is -0.351 e. The molecule has 0 fully saturated rings. The number of hydrogen-bond acceptors (Lipinski definition) is 3. The summed E-state index contributed by atoms with van der Waals surface area (Å²) in [6.45, 7) is 0.598. The Morgan fingerprint density at radius 2 is 1.89 bits per heavy atom. The van der Waals surface area contributed by atoms with Crippen LogP contribution in [0.15, 0.2) is 60.3 Å². The lowest BCUT2D eigenvalue weighted by molar-refractivity contribution is -0.115. The quantitative estimate of drug-likeness (QED) is 0.537. The molecular weight excluding hydrogens is 364 g/mol. The van der Waals surface area contributed by atoms with Crippen LogP contribution in [0.4, 0.5) is 4.79 Å². The van der Waals surface area contributed by atoms with E-state index in [-0.39, 0.29) is 5.57 Å². The molecule has 27 heavy (non-hydrogen) atoms. The second kappa shape index (κ2) is 7.77. The van der Waals surface area contributed by atoms with Crippen LogP contribution >= 0.6 is 11.6 Å². The van der Waals surface area contributed by atoms with Crippen LogP contribution in [0, 0.1) is 11.3 Å². The summed E-state index contributed by atoms with van der Waals surface area (Å²) < 4.78 is 2.02. The molecule has 0 saturated carbocycles. The molecule has 6 nitrogen and oxygen atoms in total. The fourth-order valence-electron chi connectivity index (χ4n) is 2.79. The fraction of sp³-hybridized carbons (Fsp3) is 0.0500. The maximum Gasteiger partial charge on any atom is 0.319 e. The summed E-state index contributed by atoms with van der Waals surface area (Å²) in [4.78, 5) is 22.8. The molecule has 3 rings (SSSR count). The highest BCUT2D eigenvalue weighted by Gasteiger charge is 2.13. The van der Waals surface area contributed by atoms with E-state index in [9.17, 15) is 14.9 Å². The zero-order chi connectivity index (χ0) is 19.4. The average molecular weight is 379 g/mol. The molecule has 1 aromatic heterocycles. The number of hydrogen-bond donors (Lipinski definition) is 2. The number of imide groups is 1. The molecule has 3 N–H and O–H groups in total. The van der Waals surface area contributed by atoms with Crippen LogP contribution in [-0.2, 0) is 11.3 Å². The summed E-state index contributed by atoms with van der Waals surface area (Å²) in [6.07, 6.45) is 3.30. The smallest absolute Gasteiger partial charge is 0.319 e. The topological polar surface area (TPSA) is 101 Å². The van der Waals surface area contributed by atoms with Gasteiger partial charge in [-0.2, -0.15) is 5.26 Å².